The van der Waals surface area contributed by atoms with Gasteiger partial charge in [-0.2, -0.15) is 0 Å². The Morgan fingerprint density at radius 3 is 2.35 bits per heavy atom. The Morgan fingerprint density at radius 1 is 1.04 bits per heavy atom. The minimum absolute atomic E-state index is 0.0286. The van der Waals surface area contributed by atoms with Gasteiger partial charge >= 0.3 is 0 Å². The Labute approximate surface area is 156 Å². The lowest BCUT2D eigenvalue weighted by molar-refractivity contribution is 0.0844. The first-order valence-corrected chi connectivity index (χ1v) is 9.68. The molecule has 1 saturated heterocycles. The van der Waals surface area contributed by atoms with Gasteiger partial charge in [0.2, 0.25) is 0 Å². The number of piperidine rings is 1. The number of nitrogens with zero attached hydrogens (tertiary/aromatic N) is 1. The van der Waals surface area contributed by atoms with Gasteiger partial charge in [-0.05, 0) is 75.6 Å². The zero-order valence-electron chi connectivity index (χ0n) is 16.3. The van der Waals surface area contributed by atoms with Gasteiger partial charge in [-0.3, -0.25) is 4.79 Å². The molecule has 0 bridgehead atoms. The molecule has 26 heavy (non-hydrogen) atoms. The number of ether oxygens (including phenoxy) is 1. The van der Waals surface area contributed by atoms with Gasteiger partial charge in [0.05, 0.1) is 0 Å². The maximum atomic E-state index is 12.2. The minimum atomic E-state index is -0.0286. The number of likely N-dealkylation sites (tertiary alicyclic amines) is 1. The Kier molecular flexibility index (Phi) is 5.82. The zero-order valence-corrected chi connectivity index (χ0v) is 16.3. The molecule has 0 aromatic heterocycles. The molecule has 1 heterocycles. The predicted octanol–water partition coefficient (Wildman–Crippen LogP) is 4.23. The minimum Gasteiger partial charge on any atom is -0.490 e. The van der Waals surface area contributed by atoms with E-state index >= 15 is 0 Å². The van der Waals surface area contributed by atoms with Crippen molar-refractivity contribution in [1.29, 1.82) is 0 Å². The number of hydrogen-bond acceptors (Lipinski definition) is 3. The van der Waals surface area contributed by atoms with E-state index in [0.29, 0.717) is 17.7 Å². The van der Waals surface area contributed by atoms with E-state index in [0.717, 1.165) is 42.5 Å². The fourth-order valence-corrected chi connectivity index (χ4v) is 3.49. The number of benzene rings is 2. The molecule has 1 amide bonds. The lowest BCUT2D eigenvalue weighted by Gasteiger charge is -2.34. The second-order valence-corrected chi connectivity index (χ2v) is 7.80. The Balaban J connectivity index is 1.67. The Morgan fingerprint density at radius 2 is 1.69 bits per heavy atom. The molecule has 1 aliphatic heterocycles. The Hall–Kier alpha value is -2.07. The van der Waals surface area contributed by atoms with Gasteiger partial charge < -0.3 is 15.0 Å². The van der Waals surface area contributed by atoms with Crippen LogP contribution in [0.1, 0.15) is 50.9 Å². The molecule has 3 rings (SSSR count). The van der Waals surface area contributed by atoms with Gasteiger partial charge in [-0.1, -0.05) is 12.1 Å². The third-order valence-corrected chi connectivity index (χ3v) is 5.00. The van der Waals surface area contributed by atoms with Gasteiger partial charge in [0.25, 0.3) is 5.91 Å². The first-order chi connectivity index (χ1) is 12.4. The second kappa shape index (κ2) is 8.09. The molecule has 0 atom stereocenters. The van der Waals surface area contributed by atoms with E-state index in [1.165, 1.54) is 0 Å². The topological polar surface area (TPSA) is 41.6 Å². The largest absolute Gasteiger partial charge is 0.490 e. The normalized spacial score (nSPS) is 16.4. The van der Waals surface area contributed by atoms with Crippen LogP contribution >= 0.6 is 0 Å². The highest BCUT2D eigenvalue weighted by atomic mass is 16.5. The third kappa shape index (κ3) is 4.55. The van der Waals surface area contributed by atoms with Crippen molar-refractivity contribution in [3.63, 3.8) is 0 Å². The summed E-state index contributed by atoms with van der Waals surface area (Å²) in [5.41, 5.74) is 0.695. The monoisotopic (exact) mass is 354 g/mol. The fourth-order valence-electron chi connectivity index (χ4n) is 3.49. The van der Waals surface area contributed by atoms with Crippen LogP contribution in [0.25, 0.3) is 10.8 Å². The average molecular weight is 354 g/mol. The highest BCUT2D eigenvalue weighted by molar-refractivity contribution is 5.98. The molecule has 0 saturated carbocycles. The number of carbonyl (C=O) groups excluding carboxylic acids is 1. The summed E-state index contributed by atoms with van der Waals surface area (Å²) in [5, 5.41) is 5.09. The summed E-state index contributed by atoms with van der Waals surface area (Å²) in [4.78, 5) is 14.7. The maximum absolute atomic E-state index is 12.2. The molecule has 1 aliphatic rings. The lowest BCUT2D eigenvalue weighted by Crippen LogP contribution is -2.41. The molecular weight excluding hydrogens is 324 g/mol. The summed E-state index contributed by atoms with van der Waals surface area (Å²) in [6, 6.07) is 12.7. The number of rotatable bonds is 5. The molecule has 4 heteroatoms. The maximum Gasteiger partial charge on any atom is 0.251 e. The first kappa shape index (κ1) is 18.7. The Bertz CT molecular complexity index is 762. The molecular formula is C22H30N2O2. The van der Waals surface area contributed by atoms with Crippen molar-refractivity contribution in [3.05, 3.63) is 42.0 Å². The molecule has 140 valence electrons. The number of nitrogens with one attached hydrogen (secondary N) is 1. The summed E-state index contributed by atoms with van der Waals surface area (Å²) < 4.78 is 6.22. The summed E-state index contributed by atoms with van der Waals surface area (Å²) >= 11 is 0. The summed E-state index contributed by atoms with van der Waals surface area (Å²) in [6.45, 7) is 10.6. The highest BCUT2D eigenvalue weighted by Gasteiger charge is 2.22. The van der Waals surface area contributed by atoms with Crippen molar-refractivity contribution in [2.75, 3.05) is 13.1 Å². The van der Waals surface area contributed by atoms with Crippen LogP contribution in [0.3, 0.4) is 0 Å². The fraction of sp³-hybridized carbons (Fsp3) is 0.500. The average Bonchev–Trinajstić information content (AvgIpc) is 2.61. The van der Waals surface area contributed by atoms with Crippen LogP contribution < -0.4 is 10.1 Å². The summed E-state index contributed by atoms with van der Waals surface area (Å²) in [7, 11) is 0. The summed E-state index contributed by atoms with van der Waals surface area (Å²) in [5.74, 6) is 0.888. The predicted molar refractivity (Wildman–Crippen MR) is 107 cm³/mol. The smallest absolute Gasteiger partial charge is 0.251 e. The van der Waals surface area contributed by atoms with Crippen LogP contribution in [-0.4, -0.2) is 42.1 Å². The SMILES string of the molecule is CC(C)NC(=O)c1ccc2cc(OC3CCN(C(C)C)CC3)ccc2c1. The molecule has 0 unspecified atom stereocenters. The van der Waals surface area contributed by atoms with Crippen LogP contribution in [-0.2, 0) is 0 Å². The van der Waals surface area contributed by atoms with Gasteiger partial charge in [0.1, 0.15) is 11.9 Å². The van der Waals surface area contributed by atoms with Crippen LogP contribution in [0.4, 0.5) is 0 Å². The highest BCUT2D eigenvalue weighted by Crippen LogP contribution is 2.25. The molecule has 0 aliphatic carbocycles. The quantitative estimate of drug-likeness (QED) is 0.874. The van der Waals surface area contributed by atoms with Crippen LogP contribution in [0, 0.1) is 0 Å². The molecule has 4 nitrogen and oxygen atoms in total. The number of amides is 1. The molecule has 2 aromatic rings. The van der Waals surface area contributed by atoms with Gasteiger partial charge in [0, 0.05) is 30.7 Å². The number of hydrogen-bond donors (Lipinski definition) is 1. The van der Waals surface area contributed by atoms with Crippen LogP contribution in [0.15, 0.2) is 36.4 Å². The van der Waals surface area contributed by atoms with E-state index in [9.17, 15) is 4.79 Å². The zero-order chi connectivity index (χ0) is 18.7. The number of fused-ring (bicyclic) bond motifs is 1. The first-order valence-electron chi connectivity index (χ1n) is 9.68. The lowest BCUT2D eigenvalue weighted by atomic mass is 10.0. The van der Waals surface area contributed by atoms with Gasteiger partial charge in [-0.15, -0.1) is 0 Å². The summed E-state index contributed by atoms with van der Waals surface area (Å²) in [6.07, 6.45) is 2.44. The van der Waals surface area contributed by atoms with E-state index in [1.807, 2.05) is 44.2 Å². The van der Waals surface area contributed by atoms with Crippen molar-refractivity contribution < 1.29 is 9.53 Å². The second-order valence-electron chi connectivity index (χ2n) is 7.80. The van der Waals surface area contributed by atoms with Crippen molar-refractivity contribution >= 4 is 16.7 Å². The van der Waals surface area contributed by atoms with Crippen molar-refractivity contribution in [2.45, 2.75) is 58.7 Å². The van der Waals surface area contributed by atoms with Crippen molar-refractivity contribution in [2.24, 2.45) is 0 Å². The van der Waals surface area contributed by atoms with Crippen LogP contribution in [0.5, 0.6) is 5.75 Å². The molecule has 0 spiro atoms. The van der Waals surface area contributed by atoms with Crippen molar-refractivity contribution in [1.82, 2.24) is 10.2 Å². The van der Waals surface area contributed by atoms with Gasteiger partial charge in [0.15, 0.2) is 0 Å². The molecule has 0 radical (unpaired) electrons. The number of carbonyl (C=O) groups is 1. The van der Waals surface area contributed by atoms with E-state index in [1.54, 1.807) is 0 Å². The molecule has 2 aromatic carbocycles. The van der Waals surface area contributed by atoms with E-state index < -0.39 is 0 Å². The van der Waals surface area contributed by atoms with E-state index in [2.05, 4.69) is 30.1 Å². The van der Waals surface area contributed by atoms with Crippen LogP contribution in [0.2, 0.25) is 0 Å². The third-order valence-electron chi connectivity index (χ3n) is 5.00. The van der Waals surface area contributed by atoms with Crippen molar-refractivity contribution in [3.8, 4) is 5.75 Å². The molecule has 1 N–H and O–H groups in total. The van der Waals surface area contributed by atoms with E-state index in [-0.39, 0.29) is 11.9 Å². The molecule has 1 fully saturated rings. The standard InChI is InChI=1S/C22H30N2O2/c1-15(2)23-22(25)19-6-5-18-14-21(8-7-17(18)13-19)26-20-9-11-24(12-10-20)16(3)4/h5-8,13-16,20H,9-12H2,1-4H3,(H,23,25). The van der Waals surface area contributed by atoms with E-state index in [4.69, 9.17) is 4.74 Å². The van der Waals surface area contributed by atoms with Gasteiger partial charge in [-0.25, -0.2) is 0 Å².